The molecule has 1 aromatic rings. The highest BCUT2D eigenvalue weighted by atomic mass is 19.1. The van der Waals surface area contributed by atoms with Gasteiger partial charge < -0.3 is 5.73 Å². The lowest BCUT2D eigenvalue weighted by Crippen LogP contribution is -2.25. The van der Waals surface area contributed by atoms with Crippen molar-refractivity contribution in [2.75, 3.05) is 0 Å². The second kappa shape index (κ2) is 4.31. The van der Waals surface area contributed by atoms with Crippen LogP contribution in [0.25, 0.3) is 0 Å². The van der Waals surface area contributed by atoms with Gasteiger partial charge in [-0.05, 0) is 61.8 Å². The maximum absolute atomic E-state index is 13.2. The average Bonchev–Trinajstić information content (AvgIpc) is 2.23. The Morgan fingerprint density at radius 3 is 2.53 bits per heavy atom. The molecule has 1 fully saturated rings. The summed E-state index contributed by atoms with van der Waals surface area (Å²) >= 11 is 0. The molecule has 0 aromatic heterocycles. The van der Waals surface area contributed by atoms with Gasteiger partial charge in [0.25, 0.3) is 0 Å². The molecule has 0 atom stereocenters. The van der Waals surface area contributed by atoms with Crippen LogP contribution in [0.2, 0.25) is 0 Å². The summed E-state index contributed by atoms with van der Waals surface area (Å²) in [6, 6.07) is 5.46. The van der Waals surface area contributed by atoms with E-state index in [2.05, 4.69) is 6.92 Å². The van der Waals surface area contributed by atoms with E-state index in [4.69, 9.17) is 5.73 Å². The van der Waals surface area contributed by atoms with Gasteiger partial charge in [-0.15, -0.1) is 0 Å². The molecule has 1 aromatic carbocycles. The maximum atomic E-state index is 13.2. The van der Waals surface area contributed by atoms with Crippen LogP contribution in [-0.2, 0) is 0 Å². The van der Waals surface area contributed by atoms with Crippen LogP contribution in [0.4, 0.5) is 4.39 Å². The predicted molar refractivity (Wildman–Crippen MR) is 60.3 cm³/mol. The topological polar surface area (TPSA) is 26.0 Å². The first-order valence-corrected chi connectivity index (χ1v) is 5.68. The van der Waals surface area contributed by atoms with Crippen molar-refractivity contribution >= 4 is 0 Å². The van der Waals surface area contributed by atoms with Gasteiger partial charge in [-0.2, -0.15) is 0 Å². The van der Waals surface area contributed by atoms with Crippen molar-refractivity contribution in [1.82, 2.24) is 0 Å². The highest BCUT2D eigenvalue weighted by Crippen LogP contribution is 2.34. The summed E-state index contributed by atoms with van der Waals surface area (Å²) in [5.74, 6) is 0.394. The lowest BCUT2D eigenvalue weighted by molar-refractivity contribution is 0.394. The van der Waals surface area contributed by atoms with E-state index in [-0.39, 0.29) is 5.82 Å². The molecular formula is C13H18FN. The fourth-order valence-electron chi connectivity index (χ4n) is 2.48. The number of rotatable bonds is 1. The molecule has 1 nitrogen and oxygen atoms in total. The van der Waals surface area contributed by atoms with E-state index in [1.54, 1.807) is 6.07 Å². The normalized spacial score (nSPS) is 26.6. The Morgan fingerprint density at radius 1 is 1.20 bits per heavy atom. The van der Waals surface area contributed by atoms with E-state index < -0.39 is 0 Å². The van der Waals surface area contributed by atoms with Crippen LogP contribution in [-0.4, -0.2) is 6.04 Å². The van der Waals surface area contributed by atoms with Gasteiger partial charge in [0, 0.05) is 6.04 Å². The molecular weight excluding hydrogens is 189 g/mol. The van der Waals surface area contributed by atoms with Gasteiger partial charge in [-0.1, -0.05) is 6.07 Å². The minimum Gasteiger partial charge on any atom is -0.328 e. The molecule has 0 bridgehead atoms. The van der Waals surface area contributed by atoms with E-state index in [1.807, 2.05) is 6.07 Å². The van der Waals surface area contributed by atoms with Crippen molar-refractivity contribution in [2.45, 2.75) is 44.6 Å². The van der Waals surface area contributed by atoms with Gasteiger partial charge in [0.15, 0.2) is 0 Å². The number of hydrogen-bond acceptors (Lipinski definition) is 1. The molecule has 1 saturated carbocycles. The van der Waals surface area contributed by atoms with Gasteiger partial charge in [0.1, 0.15) is 5.82 Å². The zero-order chi connectivity index (χ0) is 10.8. The second-order valence-corrected chi connectivity index (χ2v) is 4.61. The molecule has 1 aliphatic rings. The van der Waals surface area contributed by atoms with Crippen molar-refractivity contribution in [3.8, 4) is 0 Å². The monoisotopic (exact) mass is 207 g/mol. The van der Waals surface area contributed by atoms with Gasteiger partial charge in [-0.3, -0.25) is 0 Å². The molecule has 82 valence electrons. The van der Waals surface area contributed by atoms with Crippen LogP contribution in [0, 0.1) is 12.7 Å². The zero-order valence-electron chi connectivity index (χ0n) is 9.17. The van der Waals surface area contributed by atoms with Crippen LogP contribution in [0.3, 0.4) is 0 Å². The summed E-state index contributed by atoms with van der Waals surface area (Å²) in [5.41, 5.74) is 8.26. The molecule has 0 spiro atoms. The standard InChI is InChI=1S/C13H18FN/c1-9-2-5-11(14)8-13(9)10-3-6-12(15)7-4-10/h2,5,8,10,12H,3-4,6-7,15H2,1H3. The van der Waals surface area contributed by atoms with E-state index in [1.165, 1.54) is 17.2 Å². The SMILES string of the molecule is Cc1ccc(F)cc1C1CCC(N)CC1. The largest absolute Gasteiger partial charge is 0.328 e. The van der Waals surface area contributed by atoms with Crippen molar-refractivity contribution in [3.05, 3.63) is 35.1 Å². The average molecular weight is 207 g/mol. The Hall–Kier alpha value is -0.890. The quantitative estimate of drug-likeness (QED) is 0.752. The van der Waals surface area contributed by atoms with Crippen molar-refractivity contribution in [3.63, 3.8) is 0 Å². The molecule has 0 amide bonds. The lowest BCUT2D eigenvalue weighted by atomic mass is 9.80. The third kappa shape index (κ3) is 2.37. The smallest absolute Gasteiger partial charge is 0.123 e. The summed E-state index contributed by atoms with van der Waals surface area (Å²) in [6.07, 6.45) is 4.35. The third-order valence-electron chi connectivity index (χ3n) is 3.45. The molecule has 2 rings (SSSR count). The Kier molecular flexibility index (Phi) is 3.06. The Bertz CT molecular complexity index is 340. The van der Waals surface area contributed by atoms with E-state index in [0.29, 0.717) is 12.0 Å². The van der Waals surface area contributed by atoms with Crippen LogP contribution in [0.5, 0.6) is 0 Å². The number of benzene rings is 1. The molecule has 15 heavy (non-hydrogen) atoms. The van der Waals surface area contributed by atoms with Crippen molar-refractivity contribution in [1.29, 1.82) is 0 Å². The van der Waals surface area contributed by atoms with Crippen LogP contribution < -0.4 is 5.73 Å². The summed E-state index contributed by atoms with van der Waals surface area (Å²) in [4.78, 5) is 0. The molecule has 2 heteroatoms. The predicted octanol–water partition coefficient (Wildman–Crippen LogP) is 3.12. The van der Waals surface area contributed by atoms with Crippen LogP contribution >= 0.6 is 0 Å². The van der Waals surface area contributed by atoms with Gasteiger partial charge >= 0.3 is 0 Å². The molecule has 0 saturated heterocycles. The first-order chi connectivity index (χ1) is 7.16. The number of aryl methyl sites for hydroxylation is 1. The fourth-order valence-corrected chi connectivity index (χ4v) is 2.48. The highest BCUT2D eigenvalue weighted by Gasteiger charge is 2.21. The summed E-state index contributed by atoms with van der Waals surface area (Å²) in [5, 5.41) is 0. The number of hydrogen-bond donors (Lipinski definition) is 1. The Labute approximate surface area is 90.5 Å². The summed E-state index contributed by atoms with van der Waals surface area (Å²) < 4.78 is 13.2. The molecule has 0 heterocycles. The van der Waals surface area contributed by atoms with Gasteiger partial charge in [0.2, 0.25) is 0 Å². The fraction of sp³-hybridized carbons (Fsp3) is 0.538. The lowest BCUT2D eigenvalue weighted by Gasteiger charge is -2.27. The molecule has 1 aliphatic carbocycles. The minimum absolute atomic E-state index is 0.120. The Balaban J connectivity index is 2.18. The zero-order valence-corrected chi connectivity index (χ0v) is 9.17. The Morgan fingerprint density at radius 2 is 1.87 bits per heavy atom. The van der Waals surface area contributed by atoms with Gasteiger partial charge in [-0.25, -0.2) is 4.39 Å². The van der Waals surface area contributed by atoms with Gasteiger partial charge in [0.05, 0.1) is 0 Å². The van der Waals surface area contributed by atoms with E-state index in [9.17, 15) is 4.39 Å². The van der Waals surface area contributed by atoms with Crippen LogP contribution in [0.1, 0.15) is 42.7 Å². The van der Waals surface area contributed by atoms with Crippen LogP contribution in [0.15, 0.2) is 18.2 Å². The third-order valence-corrected chi connectivity index (χ3v) is 3.45. The summed E-state index contributed by atoms with van der Waals surface area (Å²) in [6.45, 7) is 2.06. The molecule has 0 unspecified atom stereocenters. The first-order valence-electron chi connectivity index (χ1n) is 5.68. The molecule has 0 aliphatic heterocycles. The van der Waals surface area contributed by atoms with Crippen molar-refractivity contribution < 1.29 is 4.39 Å². The van der Waals surface area contributed by atoms with E-state index in [0.717, 1.165) is 25.7 Å². The molecule has 0 radical (unpaired) electrons. The molecule has 2 N–H and O–H groups in total. The highest BCUT2D eigenvalue weighted by molar-refractivity contribution is 5.30. The maximum Gasteiger partial charge on any atom is 0.123 e. The van der Waals surface area contributed by atoms with E-state index >= 15 is 0 Å². The van der Waals surface area contributed by atoms with Crippen molar-refractivity contribution in [2.24, 2.45) is 5.73 Å². The number of halogens is 1. The summed E-state index contributed by atoms with van der Waals surface area (Å²) in [7, 11) is 0. The minimum atomic E-state index is -0.120. The first kappa shape index (κ1) is 10.6. The second-order valence-electron chi connectivity index (χ2n) is 4.61. The number of nitrogens with two attached hydrogens (primary N) is 1.